The van der Waals surface area contributed by atoms with Crippen molar-refractivity contribution in [3.8, 4) is 0 Å². The van der Waals surface area contributed by atoms with E-state index in [9.17, 15) is 4.39 Å². The molecule has 0 radical (unpaired) electrons. The predicted molar refractivity (Wildman–Crippen MR) is 57.8 cm³/mol. The van der Waals surface area contributed by atoms with Crippen LogP contribution in [-0.4, -0.2) is 13.7 Å². The number of rotatable bonds is 1. The molecule has 0 saturated heterocycles. The van der Waals surface area contributed by atoms with E-state index in [1.807, 2.05) is 12.1 Å². The minimum Gasteiger partial charge on any atom is -0.491 e. The number of nitrogens with one attached hydrogen (secondary N) is 1. The molecule has 1 heterocycles. The molecule has 1 aromatic rings. The smallest absolute Gasteiger partial charge is 0.145 e. The molecule has 1 aromatic carbocycles. The first-order chi connectivity index (χ1) is 7.24. The van der Waals surface area contributed by atoms with Gasteiger partial charge in [-0.25, -0.2) is 4.39 Å². The van der Waals surface area contributed by atoms with Crippen molar-refractivity contribution < 1.29 is 9.13 Å². The number of hydrogen-bond donors (Lipinski definition) is 1. The minimum atomic E-state index is -0.172. The first-order valence-electron chi connectivity index (χ1n) is 5.02. The summed E-state index contributed by atoms with van der Waals surface area (Å²) < 4.78 is 19.3. The summed E-state index contributed by atoms with van der Waals surface area (Å²) in [6.45, 7) is 2.38. The highest BCUT2D eigenvalue weighted by Crippen LogP contribution is 2.29. The first kappa shape index (κ1) is 10.0. The number of halogens is 1. The van der Waals surface area contributed by atoms with Crippen LogP contribution in [0, 0.1) is 12.7 Å². The Morgan fingerprint density at radius 3 is 3.00 bits per heavy atom. The molecule has 0 aliphatic carbocycles. The Hall–Kier alpha value is -1.51. The Morgan fingerprint density at radius 2 is 2.27 bits per heavy atom. The predicted octanol–water partition coefficient (Wildman–Crippen LogP) is 2.22. The van der Waals surface area contributed by atoms with E-state index in [0.29, 0.717) is 23.5 Å². The second kappa shape index (κ2) is 3.93. The lowest BCUT2D eigenvalue weighted by Gasteiger charge is -2.21. The van der Waals surface area contributed by atoms with Crippen molar-refractivity contribution in [3.63, 3.8) is 0 Å². The van der Waals surface area contributed by atoms with Gasteiger partial charge in [0.15, 0.2) is 0 Å². The summed E-state index contributed by atoms with van der Waals surface area (Å²) in [6, 6.07) is 3.79. The number of benzene rings is 1. The molecule has 0 fully saturated rings. The maximum absolute atomic E-state index is 13.9. The van der Waals surface area contributed by atoms with Gasteiger partial charge in [0.25, 0.3) is 0 Å². The fourth-order valence-corrected chi connectivity index (χ4v) is 1.78. The molecular weight excluding hydrogens is 193 g/mol. The maximum atomic E-state index is 13.9. The monoisotopic (exact) mass is 207 g/mol. The summed E-state index contributed by atoms with van der Waals surface area (Å²) in [7, 11) is 1.78. The Morgan fingerprint density at radius 1 is 1.47 bits per heavy atom. The van der Waals surface area contributed by atoms with Gasteiger partial charge in [-0.05, 0) is 18.1 Å². The molecule has 0 unspecified atom stereocenters. The van der Waals surface area contributed by atoms with Crippen LogP contribution in [-0.2, 0) is 11.2 Å². The van der Waals surface area contributed by atoms with Crippen LogP contribution in [0.5, 0.6) is 0 Å². The van der Waals surface area contributed by atoms with Gasteiger partial charge in [0, 0.05) is 19.7 Å². The van der Waals surface area contributed by atoms with Crippen LogP contribution in [0.25, 0.3) is 5.76 Å². The quantitative estimate of drug-likeness (QED) is 0.762. The maximum Gasteiger partial charge on any atom is 0.145 e. The van der Waals surface area contributed by atoms with Crippen LogP contribution in [0.4, 0.5) is 4.39 Å². The van der Waals surface area contributed by atoms with Crippen molar-refractivity contribution in [3.05, 3.63) is 40.8 Å². The molecule has 1 aliphatic rings. The number of fused-ring (bicyclic) bond motifs is 1. The third-order valence-electron chi connectivity index (χ3n) is 2.57. The van der Waals surface area contributed by atoms with Gasteiger partial charge in [-0.15, -0.1) is 0 Å². The van der Waals surface area contributed by atoms with Crippen molar-refractivity contribution in [1.82, 2.24) is 5.32 Å². The second-order valence-corrected chi connectivity index (χ2v) is 3.63. The van der Waals surface area contributed by atoms with Gasteiger partial charge in [0.05, 0.1) is 12.2 Å². The van der Waals surface area contributed by atoms with Gasteiger partial charge in [-0.3, -0.25) is 0 Å². The van der Waals surface area contributed by atoms with E-state index in [1.54, 1.807) is 20.2 Å². The fourth-order valence-electron chi connectivity index (χ4n) is 1.78. The van der Waals surface area contributed by atoms with E-state index in [1.165, 1.54) is 0 Å². The Labute approximate surface area is 88.8 Å². The van der Waals surface area contributed by atoms with Crippen LogP contribution < -0.4 is 5.32 Å². The zero-order valence-corrected chi connectivity index (χ0v) is 8.93. The van der Waals surface area contributed by atoms with Crippen molar-refractivity contribution in [2.24, 2.45) is 0 Å². The average Bonchev–Trinajstić information content (AvgIpc) is 2.24. The molecule has 0 bridgehead atoms. The zero-order chi connectivity index (χ0) is 10.8. The normalized spacial score (nSPS) is 17.1. The van der Waals surface area contributed by atoms with Gasteiger partial charge in [0.2, 0.25) is 0 Å². The average molecular weight is 207 g/mol. The third kappa shape index (κ3) is 1.69. The topological polar surface area (TPSA) is 21.3 Å². The van der Waals surface area contributed by atoms with Crippen molar-refractivity contribution >= 4 is 5.76 Å². The Balaban J connectivity index is 2.58. The standard InChI is InChI=1S/C12H14FNO/c1-8-3-4-9-5-6-15-10(7-14-2)11(9)12(8)13/h3-4,7,14H,5-6H2,1-2H3/b10-7-. The van der Waals surface area contributed by atoms with Crippen molar-refractivity contribution in [2.45, 2.75) is 13.3 Å². The molecule has 1 N–H and O–H groups in total. The summed E-state index contributed by atoms with van der Waals surface area (Å²) in [5.41, 5.74) is 2.28. The molecule has 0 aromatic heterocycles. The highest BCUT2D eigenvalue weighted by molar-refractivity contribution is 5.65. The SMILES string of the molecule is CN/C=C1\OCCc2ccc(C)c(F)c21. The van der Waals surface area contributed by atoms with E-state index >= 15 is 0 Å². The summed E-state index contributed by atoms with van der Waals surface area (Å²) in [5.74, 6) is 0.425. The summed E-state index contributed by atoms with van der Waals surface area (Å²) >= 11 is 0. The lowest BCUT2D eigenvalue weighted by atomic mass is 9.98. The highest BCUT2D eigenvalue weighted by atomic mass is 19.1. The van der Waals surface area contributed by atoms with Gasteiger partial charge < -0.3 is 10.1 Å². The number of hydrogen-bond acceptors (Lipinski definition) is 2. The summed E-state index contributed by atoms with van der Waals surface area (Å²) in [6.07, 6.45) is 2.47. The molecule has 2 nitrogen and oxygen atoms in total. The molecule has 2 rings (SSSR count). The molecule has 0 spiro atoms. The van der Waals surface area contributed by atoms with Gasteiger partial charge in [-0.2, -0.15) is 0 Å². The van der Waals surface area contributed by atoms with Gasteiger partial charge in [-0.1, -0.05) is 12.1 Å². The Bertz CT molecular complexity index is 412. The minimum absolute atomic E-state index is 0.172. The lowest BCUT2D eigenvalue weighted by molar-refractivity contribution is 0.266. The van der Waals surface area contributed by atoms with Crippen molar-refractivity contribution in [2.75, 3.05) is 13.7 Å². The van der Waals surface area contributed by atoms with Crippen LogP contribution >= 0.6 is 0 Å². The van der Waals surface area contributed by atoms with E-state index < -0.39 is 0 Å². The summed E-state index contributed by atoms with van der Waals surface area (Å²) in [4.78, 5) is 0. The van der Waals surface area contributed by atoms with E-state index in [2.05, 4.69) is 5.32 Å². The Kier molecular flexibility index (Phi) is 2.62. The molecule has 0 atom stereocenters. The van der Waals surface area contributed by atoms with Crippen LogP contribution in [0.15, 0.2) is 18.3 Å². The van der Waals surface area contributed by atoms with Crippen LogP contribution in [0.2, 0.25) is 0 Å². The number of aryl methyl sites for hydroxylation is 1. The van der Waals surface area contributed by atoms with Crippen LogP contribution in [0.1, 0.15) is 16.7 Å². The molecule has 1 aliphatic heterocycles. The zero-order valence-electron chi connectivity index (χ0n) is 8.93. The van der Waals surface area contributed by atoms with E-state index in [0.717, 1.165) is 12.0 Å². The van der Waals surface area contributed by atoms with Gasteiger partial charge >= 0.3 is 0 Å². The highest BCUT2D eigenvalue weighted by Gasteiger charge is 2.20. The largest absolute Gasteiger partial charge is 0.491 e. The van der Waals surface area contributed by atoms with Crippen LogP contribution in [0.3, 0.4) is 0 Å². The van der Waals surface area contributed by atoms with Crippen molar-refractivity contribution in [1.29, 1.82) is 0 Å². The summed E-state index contributed by atoms with van der Waals surface area (Å²) in [5, 5.41) is 2.87. The molecule has 0 amide bonds. The molecule has 80 valence electrons. The lowest BCUT2D eigenvalue weighted by Crippen LogP contribution is -2.13. The third-order valence-corrected chi connectivity index (χ3v) is 2.57. The van der Waals surface area contributed by atoms with Gasteiger partial charge in [0.1, 0.15) is 11.6 Å². The fraction of sp³-hybridized carbons (Fsp3) is 0.333. The molecule has 15 heavy (non-hydrogen) atoms. The molecule has 0 saturated carbocycles. The second-order valence-electron chi connectivity index (χ2n) is 3.63. The first-order valence-corrected chi connectivity index (χ1v) is 5.02. The van der Waals surface area contributed by atoms with E-state index in [4.69, 9.17) is 4.74 Å². The molecular formula is C12H14FNO. The molecule has 3 heteroatoms. The van der Waals surface area contributed by atoms with E-state index in [-0.39, 0.29) is 5.82 Å². The number of ether oxygens (including phenoxy) is 1.